The van der Waals surface area contributed by atoms with E-state index in [0.717, 1.165) is 10.9 Å². The van der Waals surface area contributed by atoms with Crippen molar-refractivity contribution >= 4 is 16.8 Å². The molecule has 0 aliphatic heterocycles. The molecule has 3 aromatic rings. The maximum Gasteiger partial charge on any atom is 0.251 e. The molecule has 3 rings (SSSR count). The van der Waals surface area contributed by atoms with Crippen molar-refractivity contribution in [3.8, 4) is 0 Å². The van der Waals surface area contributed by atoms with Gasteiger partial charge in [0.05, 0.1) is 5.52 Å². The van der Waals surface area contributed by atoms with Gasteiger partial charge in [0.2, 0.25) is 0 Å². The first kappa shape index (κ1) is 15.0. The van der Waals surface area contributed by atoms with Crippen molar-refractivity contribution in [1.29, 1.82) is 0 Å². The Morgan fingerprint density at radius 1 is 1.04 bits per heavy atom. The van der Waals surface area contributed by atoms with Crippen LogP contribution in [0.25, 0.3) is 10.9 Å². The van der Waals surface area contributed by atoms with Gasteiger partial charge in [-0.25, -0.2) is 13.2 Å². The van der Waals surface area contributed by atoms with Crippen molar-refractivity contribution in [3.05, 3.63) is 77.2 Å². The van der Waals surface area contributed by atoms with E-state index in [1.165, 1.54) is 0 Å². The van der Waals surface area contributed by atoms with Crippen LogP contribution in [-0.4, -0.2) is 10.9 Å². The van der Waals surface area contributed by atoms with E-state index >= 15 is 0 Å². The van der Waals surface area contributed by atoms with Gasteiger partial charge in [-0.05, 0) is 24.3 Å². The third-order valence-corrected chi connectivity index (χ3v) is 3.40. The maximum atomic E-state index is 13.5. The Hall–Kier alpha value is -2.89. The second-order valence-corrected chi connectivity index (χ2v) is 4.94. The number of fused-ring (bicyclic) bond motifs is 1. The fraction of sp³-hybridized carbons (Fsp3) is 0.0588. The lowest BCUT2D eigenvalue weighted by Crippen LogP contribution is -2.24. The fourth-order valence-electron chi connectivity index (χ4n) is 2.23. The van der Waals surface area contributed by atoms with Crippen LogP contribution in [0.3, 0.4) is 0 Å². The Balaban J connectivity index is 1.79. The SMILES string of the molecule is O=C(NCc1c(F)cc(F)cc1F)c1ccc2ncccc2c1. The average molecular weight is 316 g/mol. The molecule has 0 atom stereocenters. The summed E-state index contributed by atoms with van der Waals surface area (Å²) in [6.07, 6.45) is 1.64. The van der Waals surface area contributed by atoms with E-state index in [9.17, 15) is 18.0 Å². The number of amides is 1. The number of hydrogen-bond acceptors (Lipinski definition) is 2. The summed E-state index contributed by atoms with van der Waals surface area (Å²) in [5.74, 6) is -3.56. The number of carbonyl (C=O) groups is 1. The molecule has 0 saturated carbocycles. The standard InChI is InChI=1S/C17H11F3N2O/c18-12-7-14(19)13(15(20)8-12)9-22-17(23)11-3-4-16-10(6-11)2-1-5-21-16/h1-8H,9H2,(H,22,23). The Kier molecular flexibility index (Phi) is 3.97. The van der Waals surface area contributed by atoms with Gasteiger partial charge in [0.1, 0.15) is 17.5 Å². The topological polar surface area (TPSA) is 42.0 Å². The van der Waals surface area contributed by atoms with Gasteiger partial charge < -0.3 is 5.32 Å². The van der Waals surface area contributed by atoms with Gasteiger partial charge in [-0.3, -0.25) is 9.78 Å². The first-order chi connectivity index (χ1) is 11.0. The van der Waals surface area contributed by atoms with Crippen LogP contribution < -0.4 is 5.32 Å². The fourth-order valence-corrected chi connectivity index (χ4v) is 2.23. The van der Waals surface area contributed by atoms with E-state index in [4.69, 9.17) is 0 Å². The minimum atomic E-state index is -1.04. The first-order valence-corrected chi connectivity index (χ1v) is 6.81. The molecule has 0 unspecified atom stereocenters. The molecule has 0 aliphatic carbocycles. The molecular weight excluding hydrogens is 305 g/mol. The normalized spacial score (nSPS) is 10.7. The highest BCUT2D eigenvalue weighted by atomic mass is 19.1. The van der Waals surface area contributed by atoms with Gasteiger partial charge in [-0.1, -0.05) is 6.07 Å². The molecule has 3 nitrogen and oxygen atoms in total. The lowest BCUT2D eigenvalue weighted by molar-refractivity contribution is 0.0950. The summed E-state index contributed by atoms with van der Waals surface area (Å²) in [6.45, 7) is -0.373. The summed E-state index contributed by atoms with van der Waals surface area (Å²) >= 11 is 0. The number of pyridine rings is 1. The van der Waals surface area contributed by atoms with Crippen LogP contribution in [0, 0.1) is 17.5 Å². The van der Waals surface area contributed by atoms with Gasteiger partial charge in [0.25, 0.3) is 5.91 Å². The van der Waals surface area contributed by atoms with Crippen LogP contribution >= 0.6 is 0 Å². The van der Waals surface area contributed by atoms with Crippen LogP contribution in [-0.2, 0) is 6.54 Å². The highest BCUT2D eigenvalue weighted by Crippen LogP contribution is 2.16. The molecule has 23 heavy (non-hydrogen) atoms. The van der Waals surface area contributed by atoms with E-state index in [1.54, 1.807) is 36.5 Å². The smallest absolute Gasteiger partial charge is 0.251 e. The lowest BCUT2D eigenvalue weighted by Gasteiger charge is -2.08. The molecule has 1 N–H and O–H groups in total. The Morgan fingerprint density at radius 3 is 2.52 bits per heavy atom. The van der Waals surface area contributed by atoms with E-state index in [0.29, 0.717) is 17.7 Å². The van der Waals surface area contributed by atoms with E-state index in [2.05, 4.69) is 10.3 Å². The second-order valence-electron chi connectivity index (χ2n) is 4.94. The molecule has 0 spiro atoms. The van der Waals surface area contributed by atoms with Gasteiger partial charge >= 0.3 is 0 Å². The Labute approximate surface area is 129 Å². The lowest BCUT2D eigenvalue weighted by atomic mass is 10.1. The van der Waals surface area contributed by atoms with Gasteiger partial charge in [-0.2, -0.15) is 0 Å². The van der Waals surface area contributed by atoms with Crippen LogP contribution in [0.15, 0.2) is 48.7 Å². The third kappa shape index (κ3) is 3.15. The summed E-state index contributed by atoms with van der Waals surface area (Å²) in [6, 6.07) is 9.59. The highest BCUT2D eigenvalue weighted by molar-refractivity contribution is 5.97. The van der Waals surface area contributed by atoms with E-state index in [1.807, 2.05) is 0 Å². The summed E-state index contributed by atoms with van der Waals surface area (Å²) in [7, 11) is 0. The summed E-state index contributed by atoms with van der Waals surface area (Å²) < 4.78 is 39.9. The number of carbonyl (C=O) groups excluding carboxylic acids is 1. The largest absolute Gasteiger partial charge is 0.348 e. The van der Waals surface area contributed by atoms with Crippen LogP contribution in [0.5, 0.6) is 0 Å². The molecule has 0 bridgehead atoms. The first-order valence-electron chi connectivity index (χ1n) is 6.81. The summed E-state index contributed by atoms with van der Waals surface area (Å²) in [5.41, 5.74) is 0.690. The monoisotopic (exact) mass is 316 g/mol. The highest BCUT2D eigenvalue weighted by Gasteiger charge is 2.13. The van der Waals surface area contributed by atoms with Crippen LogP contribution in [0.4, 0.5) is 13.2 Å². The number of nitrogens with zero attached hydrogens (tertiary/aromatic N) is 1. The predicted molar refractivity (Wildman–Crippen MR) is 79.2 cm³/mol. The van der Waals surface area contributed by atoms with Gasteiger partial charge in [0, 0.05) is 41.4 Å². The summed E-state index contributed by atoms with van der Waals surface area (Å²) in [5, 5.41) is 3.20. The summed E-state index contributed by atoms with van der Waals surface area (Å²) in [4.78, 5) is 16.2. The number of hydrogen-bond donors (Lipinski definition) is 1. The molecule has 2 aromatic carbocycles. The minimum Gasteiger partial charge on any atom is -0.348 e. The van der Waals surface area contributed by atoms with Gasteiger partial charge in [-0.15, -0.1) is 0 Å². The van der Waals surface area contributed by atoms with Crippen LogP contribution in [0.2, 0.25) is 0 Å². The van der Waals surface area contributed by atoms with E-state index in [-0.39, 0.29) is 12.1 Å². The van der Waals surface area contributed by atoms with Crippen molar-refractivity contribution in [2.45, 2.75) is 6.54 Å². The molecule has 1 amide bonds. The zero-order valence-corrected chi connectivity index (χ0v) is 11.8. The molecule has 0 radical (unpaired) electrons. The van der Waals surface area contributed by atoms with Crippen molar-refractivity contribution in [3.63, 3.8) is 0 Å². The zero-order valence-electron chi connectivity index (χ0n) is 11.8. The minimum absolute atomic E-state index is 0.341. The molecule has 116 valence electrons. The van der Waals surface area contributed by atoms with Crippen molar-refractivity contribution in [2.24, 2.45) is 0 Å². The molecule has 0 aliphatic rings. The van der Waals surface area contributed by atoms with E-state index < -0.39 is 23.4 Å². The van der Waals surface area contributed by atoms with Gasteiger partial charge in [0.15, 0.2) is 0 Å². The Morgan fingerprint density at radius 2 is 1.78 bits per heavy atom. The molecule has 6 heteroatoms. The maximum absolute atomic E-state index is 13.5. The Bertz CT molecular complexity index is 873. The number of nitrogens with one attached hydrogen (secondary N) is 1. The third-order valence-electron chi connectivity index (χ3n) is 3.40. The molecule has 0 fully saturated rings. The molecule has 0 saturated heterocycles. The molecule has 1 aromatic heterocycles. The van der Waals surface area contributed by atoms with Crippen LogP contribution in [0.1, 0.15) is 15.9 Å². The van der Waals surface area contributed by atoms with Crippen molar-refractivity contribution in [1.82, 2.24) is 10.3 Å². The quantitative estimate of drug-likeness (QED) is 0.802. The number of aromatic nitrogens is 1. The second kappa shape index (κ2) is 6.08. The average Bonchev–Trinajstić information content (AvgIpc) is 2.53. The number of rotatable bonds is 3. The number of halogens is 3. The zero-order chi connectivity index (χ0) is 16.4. The number of benzene rings is 2. The van der Waals surface area contributed by atoms with Crippen molar-refractivity contribution in [2.75, 3.05) is 0 Å². The molecule has 1 heterocycles. The molecular formula is C17H11F3N2O. The predicted octanol–water partition coefficient (Wildman–Crippen LogP) is 3.58. The van der Waals surface area contributed by atoms with Crippen molar-refractivity contribution < 1.29 is 18.0 Å².